The first kappa shape index (κ1) is 12.0. The maximum atomic E-state index is 12.0. The van der Waals surface area contributed by atoms with Gasteiger partial charge in [-0.15, -0.1) is 0 Å². The number of aromatic nitrogens is 3. The molecular weight excluding hydrogens is 240 g/mol. The average Bonchev–Trinajstić information content (AvgIpc) is 3.10. The summed E-state index contributed by atoms with van der Waals surface area (Å²) in [6.07, 6.45) is 8.20. The average molecular weight is 258 g/mol. The number of nitrogens with zero attached hydrogens (tertiary/aromatic N) is 4. The molecule has 2 aromatic heterocycles. The topological polar surface area (TPSA) is 43.1 Å². The highest BCUT2D eigenvalue weighted by Gasteiger charge is 2.13. The highest BCUT2D eigenvalue weighted by molar-refractivity contribution is 5.43. The van der Waals surface area contributed by atoms with Gasteiger partial charge in [-0.25, -0.2) is 4.68 Å². The molecule has 1 saturated heterocycles. The first-order chi connectivity index (χ1) is 9.33. The third-order valence-electron chi connectivity index (χ3n) is 3.56. The van der Waals surface area contributed by atoms with Crippen molar-refractivity contribution < 1.29 is 0 Å². The van der Waals surface area contributed by atoms with E-state index in [0.717, 1.165) is 25.3 Å². The van der Waals surface area contributed by atoms with Gasteiger partial charge < -0.3 is 9.47 Å². The number of hydrogen-bond donors (Lipinski definition) is 0. The minimum Gasteiger partial charge on any atom is -0.370 e. The summed E-state index contributed by atoms with van der Waals surface area (Å²) < 4.78 is 3.57. The Morgan fingerprint density at radius 1 is 1.11 bits per heavy atom. The molecule has 2 aromatic rings. The van der Waals surface area contributed by atoms with Crippen molar-refractivity contribution in [3.63, 3.8) is 0 Å². The predicted molar refractivity (Wildman–Crippen MR) is 74.4 cm³/mol. The lowest BCUT2D eigenvalue weighted by molar-refractivity contribution is 0.511. The summed E-state index contributed by atoms with van der Waals surface area (Å²) in [6.45, 7) is 3.44. The molecule has 0 aliphatic carbocycles. The molecule has 5 heteroatoms. The molecule has 1 aliphatic heterocycles. The summed E-state index contributed by atoms with van der Waals surface area (Å²) >= 11 is 0. The van der Waals surface area contributed by atoms with E-state index in [1.165, 1.54) is 17.5 Å². The van der Waals surface area contributed by atoms with E-state index in [-0.39, 0.29) is 5.56 Å². The Bertz CT molecular complexity index is 582. The van der Waals surface area contributed by atoms with E-state index in [2.05, 4.69) is 10.00 Å². The molecule has 1 fully saturated rings. The standard InChI is InChI=1S/C14H18N4O/c19-14-11-13(17-7-3-4-8-17)12-15-18(14)10-9-16-5-1-2-6-16/h1-2,5-6,11-12H,3-4,7-10H2. The van der Waals surface area contributed by atoms with Gasteiger partial charge in [0.05, 0.1) is 18.4 Å². The van der Waals surface area contributed by atoms with Gasteiger partial charge in [0.15, 0.2) is 0 Å². The molecule has 19 heavy (non-hydrogen) atoms. The molecule has 0 unspecified atom stereocenters. The van der Waals surface area contributed by atoms with Gasteiger partial charge in [0.25, 0.3) is 5.56 Å². The van der Waals surface area contributed by atoms with E-state index < -0.39 is 0 Å². The lowest BCUT2D eigenvalue weighted by Crippen LogP contribution is -2.27. The highest BCUT2D eigenvalue weighted by atomic mass is 16.1. The molecule has 3 rings (SSSR count). The van der Waals surface area contributed by atoms with Crippen LogP contribution in [-0.4, -0.2) is 27.4 Å². The van der Waals surface area contributed by atoms with Crippen LogP contribution >= 0.6 is 0 Å². The summed E-state index contributed by atoms with van der Waals surface area (Å²) in [7, 11) is 0. The molecule has 5 nitrogen and oxygen atoms in total. The molecule has 0 radical (unpaired) electrons. The minimum atomic E-state index is -0.0171. The molecule has 100 valence electrons. The second-order valence-corrected chi connectivity index (χ2v) is 4.89. The molecule has 0 bridgehead atoms. The third kappa shape index (κ3) is 2.70. The molecule has 0 spiro atoms. The van der Waals surface area contributed by atoms with Crippen LogP contribution in [0.4, 0.5) is 5.69 Å². The van der Waals surface area contributed by atoms with Gasteiger partial charge in [0, 0.05) is 38.1 Å². The van der Waals surface area contributed by atoms with Crippen molar-refractivity contribution in [2.45, 2.75) is 25.9 Å². The second kappa shape index (κ2) is 5.30. The van der Waals surface area contributed by atoms with Gasteiger partial charge in [-0.1, -0.05) is 0 Å². The van der Waals surface area contributed by atoms with Crippen LogP contribution in [0.2, 0.25) is 0 Å². The molecule has 0 aromatic carbocycles. The van der Waals surface area contributed by atoms with E-state index in [0.29, 0.717) is 6.54 Å². The Labute approximate surface area is 112 Å². The van der Waals surface area contributed by atoms with Crippen LogP contribution in [0.15, 0.2) is 41.6 Å². The molecule has 0 N–H and O–H groups in total. The Morgan fingerprint density at radius 2 is 1.84 bits per heavy atom. The van der Waals surface area contributed by atoms with Crippen LogP contribution in [0, 0.1) is 0 Å². The van der Waals surface area contributed by atoms with Crippen molar-refractivity contribution in [1.82, 2.24) is 14.3 Å². The summed E-state index contributed by atoms with van der Waals surface area (Å²) in [4.78, 5) is 14.2. The number of hydrogen-bond acceptors (Lipinski definition) is 3. The van der Waals surface area contributed by atoms with Crippen molar-refractivity contribution in [3.05, 3.63) is 47.1 Å². The van der Waals surface area contributed by atoms with Crippen molar-refractivity contribution >= 4 is 5.69 Å². The summed E-state index contributed by atoms with van der Waals surface area (Å²) in [5.74, 6) is 0. The zero-order valence-electron chi connectivity index (χ0n) is 10.9. The fourth-order valence-corrected chi connectivity index (χ4v) is 2.47. The van der Waals surface area contributed by atoms with Crippen molar-refractivity contribution in [2.24, 2.45) is 0 Å². The molecule has 1 aliphatic rings. The molecule has 0 amide bonds. The number of aryl methyl sites for hydroxylation is 2. The van der Waals surface area contributed by atoms with Crippen molar-refractivity contribution in [3.8, 4) is 0 Å². The van der Waals surface area contributed by atoms with Gasteiger partial charge in [-0.2, -0.15) is 5.10 Å². The monoisotopic (exact) mass is 258 g/mol. The quantitative estimate of drug-likeness (QED) is 0.831. The molecule has 0 saturated carbocycles. The Hall–Kier alpha value is -2.04. The molecular formula is C14H18N4O. The highest BCUT2D eigenvalue weighted by Crippen LogP contribution is 2.16. The van der Waals surface area contributed by atoms with E-state index in [1.54, 1.807) is 6.07 Å². The Kier molecular flexibility index (Phi) is 3.35. The van der Waals surface area contributed by atoms with E-state index in [4.69, 9.17) is 0 Å². The minimum absolute atomic E-state index is 0.0171. The first-order valence-electron chi connectivity index (χ1n) is 6.76. The van der Waals surface area contributed by atoms with E-state index in [9.17, 15) is 4.79 Å². The maximum absolute atomic E-state index is 12.0. The Morgan fingerprint density at radius 3 is 2.53 bits per heavy atom. The summed E-state index contributed by atoms with van der Waals surface area (Å²) in [5, 5.41) is 4.27. The van der Waals surface area contributed by atoms with E-state index in [1.807, 2.05) is 35.3 Å². The van der Waals surface area contributed by atoms with Crippen molar-refractivity contribution in [2.75, 3.05) is 18.0 Å². The van der Waals surface area contributed by atoms with Gasteiger partial charge in [0.2, 0.25) is 0 Å². The lowest BCUT2D eigenvalue weighted by atomic mass is 10.4. The second-order valence-electron chi connectivity index (χ2n) is 4.89. The van der Waals surface area contributed by atoms with Crippen molar-refractivity contribution in [1.29, 1.82) is 0 Å². The zero-order chi connectivity index (χ0) is 13.1. The smallest absolute Gasteiger partial charge is 0.268 e. The van der Waals surface area contributed by atoms with Gasteiger partial charge in [-0.3, -0.25) is 4.79 Å². The van der Waals surface area contributed by atoms with E-state index >= 15 is 0 Å². The third-order valence-corrected chi connectivity index (χ3v) is 3.56. The SMILES string of the molecule is O=c1cc(N2CCCC2)cnn1CCn1cccc1. The van der Waals surface area contributed by atoms with Crippen LogP contribution < -0.4 is 10.5 Å². The van der Waals surface area contributed by atoms with Gasteiger partial charge >= 0.3 is 0 Å². The van der Waals surface area contributed by atoms with Crippen LogP contribution in [0.25, 0.3) is 0 Å². The van der Waals surface area contributed by atoms with Crippen LogP contribution in [0.1, 0.15) is 12.8 Å². The first-order valence-corrected chi connectivity index (χ1v) is 6.76. The van der Waals surface area contributed by atoms with Gasteiger partial charge in [-0.05, 0) is 25.0 Å². The van der Waals surface area contributed by atoms with Crippen LogP contribution in [0.3, 0.4) is 0 Å². The summed E-state index contributed by atoms with van der Waals surface area (Å²) in [5.41, 5.74) is 0.941. The molecule has 0 atom stereocenters. The fourth-order valence-electron chi connectivity index (χ4n) is 2.47. The summed E-state index contributed by atoms with van der Waals surface area (Å²) in [6, 6.07) is 5.66. The lowest BCUT2D eigenvalue weighted by Gasteiger charge is -2.17. The number of anilines is 1. The van der Waals surface area contributed by atoms with Crippen LogP contribution in [-0.2, 0) is 13.1 Å². The number of rotatable bonds is 4. The van der Waals surface area contributed by atoms with Gasteiger partial charge in [0.1, 0.15) is 0 Å². The fraction of sp³-hybridized carbons (Fsp3) is 0.429. The largest absolute Gasteiger partial charge is 0.370 e. The zero-order valence-corrected chi connectivity index (χ0v) is 10.9. The predicted octanol–water partition coefficient (Wildman–Crippen LogP) is 1.35. The normalized spacial score (nSPS) is 15.1. The van der Waals surface area contributed by atoms with Crippen LogP contribution in [0.5, 0.6) is 0 Å². The Balaban J connectivity index is 1.70. The molecule has 3 heterocycles. The maximum Gasteiger partial charge on any atom is 0.268 e.